The Kier molecular flexibility index (Phi) is 1.89. The molecule has 0 aliphatic carbocycles. The third kappa shape index (κ3) is 1.08. The topological polar surface area (TPSA) is 125 Å². The lowest BCUT2D eigenvalue weighted by Gasteiger charge is -2.03. The van der Waals surface area contributed by atoms with Gasteiger partial charge in [0.15, 0.2) is 0 Å². The maximum atomic E-state index is 8.87. The summed E-state index contributed by atoms with van der Waals surface area (Å²) in [6.45, 7) is 0. The fraction of sp³-hybridized carbons (Fsp3) is 0. The average molecular weight is 216 g/mol. The largest absolute Gasteiger partial charge is 0.396 e. The minimum absolute atomic E-state index is 0.0650. The summed E-state index contributed by atoms with van der Waals surface area (Å²) in [5, 5.41) is 17.7. The average Bonchev–Trinajstić information content (AvgIpc) is 2.72. The van der Waals surface area contributed by atoms with Crippen molar-refractivity contribution in [3.05, 3.63) is 11.1 Å². The second kappa shape index (κ2) is 3.08. The molecule has 0 unspecified atom stereocenters. The Hall–Kier alpha value is -2.38. The second-order valence-corrected chi connectivity index (χ2v) is 3.29. The highest BCUT2D eigenvalue weighted by molar-refractivity contribution is 7.00. The third-order valence-electron chi connectivity index (χ3n) is 2.01. The maximum Gasteiger partial charge on any atom is 0.131 e. The SMILES string of the molecule is N#Cc1c(C#N)c(N)c2nsnc2c1N. The van der Waals surface area contributed by atoms with Gasteiger partial charge in [-0.25, -0.2) is 0 Å². The standard InChI is InChI=1S/C8H4N6S/c9-1-3-4(2-10)6(12)8-7(5(3)11)13-15-14-8/h11-12H2. The van der Waals surface area contributed by atoms with Crippen LogP contribution in [-0.2, 0) is 0 Å². The summed E-state index contributed by atoms with van der Waals surface area (Å²) in [5.74, 6) is 0. The summed E-state index contributed by atoms with van der Waals surface area (Å²) in [4.78, 5) is 0. The Morgan fingerprint density at radius 3 is 1.67 bits per heavy atom. The number of nitrogens with zero attached hydrogens (tertiary/aromatic N) is 4. The Morgan fingerprint density at radius 1 is 0.933 bits per heavy atom. The summed E-state index contributed by atoms with van der Waals surface area (Å²) in [5.41, 5.74) is 12.6. The van der Waals surface area contributed by atoms with Gasteiger partial charge in [0, 0.05) is 0 Å². The van der Waals surface area contributed by atoms with Crippen LogP contribution < -0.4 is 11.5 Å². The Morgan fingerprint density at radius 2 is 1.33 bits per heavy atom. The van der Waals surface area contributed by atoms with E-state index in [0.29, 0.717) is 11.0 Å². The van der Waals surface area contributed by atoms with Gasteiger partial charge in [0.1, 0.15) is 23.2 Å². The van der Waals surface area contributed by atoms with Crippen molar-refractivity contribution in [3.63, 3.8) is 0 Å². The van der Waals surface area contributed by atoms with Gasteiger partial charge in [-0.05, 0) is 0 Å². The summed E-state index contributed by atoms with van der Waals surface area (Å²) in [6, 6.07) is 3.69. The fourth-order valence-corrected chi connectivity index (χ4v) is 1.85. The molecule has 1 heterocycles. The molecule has 2 aromatic rings. The van der Waals surface area contributed by atoms with E-state index in [1.165, 1.54) is 0 Å². The molecule has 15 heavy (non-hydrogen) atoms. The van der Waals surface area contributed by atoms with Crippen LogP contribution >= 0.6 is 11.7 Å². The van der Waals surface area contributed by atoms with E-state index in [1.807, 2.05) is 12.1 Å². The highest BCUT2D eigenvalue weighted by Gasteiger charge is 2.18. The minimum atomic E-state index is 0.0650. The quantitative estimate of drug-likeness (QED) is 0.621. The van der Waals surface area contributed by atoms with Gasteiger partial charge in [-0.15, -0.1) is 0 Å². The number of benzene rings is 1. The number of anilines is 2. The fourth-order valence-electron chi connectivity index (χ4n) is 1.28. The highest BCUT2D eigenvalue weighted by atomic mass is 32.1. The van der Waals surface area contributed by atoms with Crippen molar-refractivity contribution in [1.82, 2.24) is 8.75 Å². The zero-order chi connectivity index (χ0) is 11.0. The van der Waals surface area contributed by atoms with Crippen molar-refractivity contribution >= 4 is 34.1 Å². The Bertz CT molecular complexity index is 575. The van der Waals surface area contributed by atoms with E-state index in [2.05, 4.69) is 8.75 Å². The van der Waals surface area contributed by atoms with Gasteiger partial charge in [0.05, 0.1) is 34.2 Å². The monoisotopic (exact) mass is 216 g/mol. The van der Waals surface area contributed by atoms with Crippen molar-refractivity contribution in [2.45, 2.75) is 0 Å². The summed E-state index contributed by atoms with van der Waals surface area (Å²) >= 11 is 0.941. The number of fused-ring (bicyclic) bond motifs is 1. The van der Waals surface area contributed by atoms with Crippen molar-refractivity contribution in [1.29, 1.82) is 10.5 Å². The van der Waals surface area contributed by atoms with Crippen LogP contribution in [0.1, 0.15) is 11.1 Å². The van der Waals surface area contributed by atoms with E-state index < -0.39 is 0 Å². The van der Waals surface area contributed by atoms with Crippen LogP contribution in [0, 0.1) is 22.7 Å². The first-order valence-electron chi connectivity index (χ1n) is 3.84. The molecule has 0 saturated heterocycles. The van der Waals surface area contributed by atoms with Crippen LogP contribution in [-0.4, -0.2) is 8.75 Å². The lowest BCUT2D eigenvalue weighted by atomic mass is 10.0. The molecule has 0 saturated carbocycles. The molecule has 0 radical (unpaired) electrons. The molecule has 6 nitrogen and oxygen atoms in total. The minimum Gasteiger partial charge on any atom is -0.396 e. The number of nitrogen functional groups attached to an aromatic ring is 2. The van der Waals surface area contributed by atoms with Crippen molar-refractivity contribution < 1.29 is 0 Å². The summed E-state index contributed by atoms with van der Waals surface area (Å²) in [6.07, 6.45) is 0. The van der Waals surface area contributed by atoms with Crippen LogP contribution in [0.3, 0.4) is 0 Å². The lowest BCUT2D eigenvalue weighted by molar-refractivity contribution is 1.44. The van der Waals surface area contributed by atoms with E-state index in [4.69, 9.17) is 22.0 Å². The lowest BCUT2D eigenvalue weighted by Crippen LogP contribution is -2.01. The van der Waals surface area contributed by atoms with Crippen molar-refractivity contribution in [2.24, 2.45) is 0 Å². The Labute approximate surface area is 88.7 Å². The number of hydrogen-bond donors (Lipinski definition) is 2. The van der Waals surface area contributed by atoms with E-state index >= 15 is 0 Å². The summed E-state index contributed by atoms with van der Waals surface area (Å²) < 4.78 is 7.86. The second-order valence-electron chi connectivity index (χ2n) is 2.76. The molecule has 0 spiro atoms. The van der Waals surface area contributed by atoms with Gasteiger partial charge in [0.2, 0.25) is 0 Å². The molecule has 0 amide bonds. The highest BCUT2D eigenvalue weighted by Crippen LogP contribution is 2.32. The van der Waals surface area contributed by atoms with Gasteiger partial charge < -0.3 is 11.5 Å². The van der Waals surface area contributed by atoms with E-state index in [9.17, 15) is 0 Å². The van der Waals surface area contributed by atoms with Gasteiger partial charge in [-0.3, -0.25) is 0 Å². The third-order valence-corrected chi connectivity index (χ3v) is 2.54. The maximum absolute atomic E-state index is 8.87. The molecule has 4 N–H and O–H groups in total. The molecular formula is C8H4N6S. The zero-order valence-corrected chi connectivity index (χ0v) is 8.17. The molecule has 0 bridgehead atoms. The van der Waals surface area contributed by atoms with Crippen molar-refractivity contribution in [2.75, 3.05) is 11.5 Å². The van der Waals surface area contributed by atoms with Gasteiger partial charge in [-0.2, -0.15) is 19.3 Å². The van der Waals surface area contributed by atoms with E-state index in [0.717, 1.165) is 11.7 Å². The predicted molar refractivity (Wildman–Crippen MR) is 55.7 cm³/mol. The number of nitriles is 2. The molecular weight excluding hydrogens is 212 g/mol. The molecule has 72 valence electrons. The molecule has 1 aromatic carbocycles. The molecule has 0 fully saturated rings. The first-order chi connectivity index (χ1) is 7.20. The van der Waals surface area contributed by atoms with Gasteiger partial charge >= 0.3 is 0 Å². The first-order valence-corrected chi connectivity index (χ1v) is 4.57. The van der Waals surface area contributed by atoms with Crippen LogP contribution in [0.15, 0.2) is 0 Å². The van der Waals surface area contributed by atoms with Crippen LogP contribution in [0.25, 0.3) is 11.0 Å². The van der Waals surface area contributed by atoms with Crippen LogP contribution in [0.5, 0.6) is 0 Å². The van der Waals surface area contributed by atoms with E-state index in [1.54, 1.807) is 0 Å². The molecule has 7 heteroatoms. The van der Waals surface area contributed by atoms with Crippen LogP contribution in [0.4, 0.5) is 11.4 Å². The van der Waals surface area contributed by atoms with Gasteiger partial charge in [-0.1, -0.05) is 0 Å². The molecule has 1 aromatic heterocycles. The molecule has 0 atom stereocenters. The Balaban J connectivity index is 3.07. The molecule has 0 aliphatic heterocycles. The number of nitrogens with two attached hydrogens (primary N) is 2. The number of rotatable bonds is 0. The zero-order valence-electron chi connectivity index (χ0n) is 7.35. The molecule has 2 rings (SSSR count). The first kappa shape index (κ1) is 9.19. The molecule has 0 aliphatic rings. The number of aromatic nitrogens is 2. The van der Waals surface area contributed by atoms with E-state index in [-0.39, 0.29) is 22.5 Å². The van der Waals surface area contributed by atoms with Crippen molar-refractivity contribution in [3.8, 4) is 12.1 Å². The number of hydrogen-bond acceptors (Lipinski definition) is 7. The van der Waals surface area contributed by atoms with Gasteiger partial charge in [0.25, 0.3) is 0 Å². The normalized spacial score (nSPS) is 9.73. The smallest absolute Gasteiger partial charge is 0.131 e. The predicted octanol–water partition coefficient (Wildman–Crippen LogP) is 0.599. The van der Waals surface area contributed by atoms with Crippen LogP contribution in [0.2, 0.25) is 0 Å². The summed E-state index contributed by atoms with van der Waals surface area (Å²) in [7, 11) is 0.